The highest BCUT2D eigenvalue weighted by Crippen LogP contribution is 2.28. The fourth-order valence-electron chi connectivity index (χ4n) is 3.62. The number of rotatable bonds is 2. The maximum absolute atomic E-state index is 13.3. The molecule has 3 heterocycles. The number of fused-ring (bicyclic) bond motifs is 1. The molecular weight excluding hydrogens is 309 g/mol. The minimum absolute atomic E-state index is 0.188. The molecule has 0 aliphatic carbocycles. The summed E-state index contributed by atoms with van der Waals surface area (Å²) in [5.74, 6) is 1.93. The second kappa shape index (κ2) is 6.22. The first-order valence-electron chi connectivity index (χ1n) is 8.44. The zero-order chi connectivity index (χ0) is 16.5. The molecular formula is C17H20FN5O. The first kappa shape index (κ1) is 15.1. The lowest BCUT2D eigenvalue weighted by molar-refractivity contribution is 0.190. The monoisotopic (exact) mass is 329 g/mol. The zero-order valence-electron chi connectivity index (χ0n) is 13.4. The third-order valence-electron chi connectivity index (χ3n) is 4.79. The van der Waals surface area contributed by atoms with Gasteiger partial charge in [-0.05, 0) is 37.5 Å². The van der Waals surface area contributed by atoms with Crippen molar-refractivity contribution in [3.63, 3.8) is 0 Å². The number of hydrogen-bond donors (Lipinski definition) is 1. The molecule has 0 spiro atoms. The van der Waals surface area contributed by atoms with Crippen molar-refractivity contribution in [2.24, 2.45) is 0 Å². The molecule has 0 radical (unpaired) electrons. The molecule has 1 N–H and O–H groups in total. The van der Waals surface area contributed by atoms with Gasteiger partial charge in [0, 0.05) is 37.7 Å². The van der Waals surface area contributed by atoms with Crippen molar-refractivity contribution in [1.29, 1.82) is 0 Å². The summed E-state index contributed by atoms with van der Waals surface area (Å²) in [4.78, 5) is 14.3. The third-order valence-corrected chi connectivity index (χ3v) is 4.79. The van der Waals surface area contributed by atoms with E-state index in [1.54, 1.807) is 17.0 Å². The Kier molecular flexibility index (Phi) is 3.92. The maximum Gasteiger partial charge on any atom is 0.321 e. The van der Waals surface area contributed by atoms with Gasteiger partial charge in [-0.3, -0.25) is 0 Å². The number of anilines is 1. The molecule has 24 heavy (non-hydrogen) atoms. The van der Waals surface area contributed by atoms with Crippen LogP contribution in [-0.4, -0.2) is 38.8 Å². The number of carbonyl (C=O) groups excluding carboxylic acids is 1. The van der Waals surface area contributed by atoms with E-state index in [0.29, 0.717) is 18.8 Å². The third kappa shape index (κ3) is 2.86. The number of nitrogens with zero attached hydrogens (tertiary/aromatic N) is 4. The van der Waals surface area contributed by atoms with Gasteiger partial charge in [-0.2, -0.15) is 0 Å². The van der Waals surface area contributed by atoms with Gasteiger partial charge in [-0.25, -0.2) is 9.18 Å². The molecule has 1 saturated heterocycles. The van der Waals surface area contributed by atoms with Crippen LogP contribution in [-0.2, 0) is 13.0 Å². The van der Waals surface area contributed by atoms with Gasteiger partial charge in [-0.15, -0.1) is 10.2 Å². The number of amides is 2. The minimum atomic E-state index is -0.358. The highest BCUT2D eigenvalue weighted by atomic mass is 19.1. The number of likely N-dealkylation sites (tertiary alicyclic amines) is 1. The summed E-state index contributed by atoms with van der Waals surface area (Å²) in [5, 5.41) is 11.4. The van der Waals surface area contributed by atoms with Crippen molar-refractivity contribution in [2.75, 3.05) is 18.4 Å². The summed E-state index contributed by atoms with van der Waals surface area (Å²) in [6.07, 6.45) is 4.06. The predicted octanol–water partition coefficient (Wildman–Crippen LogP) is 2.77. The molecule has 1 fully saturated rings. The van der Waals surface area contributed by atoms with Crippen molar-refractivity contribution < 1.29 is 9.18 Å². The molecule has 1 unspecified atom stereocenters. The molecule has 126 valence electrons. The quantitative estimate of drug-likeness (QED) is 0.921. The summed E-state index contributed by atoms with van der Waals surface area (Å²) in [6.45, 7) is 2.31. The molecule has 2 aliphatic rings. The number of halogens is 1. The average Bonchev–Trinajstić information content (AvgIpc) is 3.18. The van der Waals surface area contributed by atoms with Crippen LogP contribution in [0.15, 0.2) is 24.3 Å². The van der Waals surface area contributed by atoms with E-state index < -0.39 is 0 Å². The van der Waals surface area contributed by atoms with Gasteiger partial charge in [-0.1, -0.05) is 6.07 Å². The minimum Gasteiger partial charge on any atom is -0.324 e. The molecule has 2 aliphatic heterocycles. The van der Waals surface area contributed by atoms with E-state index >= 15 is 0 Å². The van der Waals surface area contributed by atoms with Crippen molar-refractivity contribution in [2.45, 2.75) is 38.1 Å². The van der Waals surface area contributed by atoms with Gasteiger partial charge in [0.1, 0.15) is 17.5 Å². The molecule has 0 saturated carbocycles. The molecule has 0 bridgehead atoms. The van der Waals surface area contributed by atoms with Gasteiger partial charge in [0.15, 0.2) is 0 Å². The second-order valence-electron chi connectivity index (χ2n) is 6.46. The number of aryl methyl sites for hydroxylation is 1. The van der Waals surface area contributed by atoms with Gasteiger partial charge in [0.25, 0.3) is 0 Å². The van der Waals surface area contributed by atoms with Gasteiger partial charge in [0.2, 0.25) is 0 Å². The number of nitrogens with one attached hydrogen (secondary N) is 1. The van der Waals surface area contributed by atoms with E-state index in [4.69, 9.17) is 0 Å². The Morgan fingerprint density at radius 1 is 1.25 bits per heavy atom. The fourth-order valence-corrected chi connectivity index (χ4v) is 3.62. The van der Waals surface area contributed by atoms with E-state index in [2.05, 4.69) is 20.1 Å². The van der Waals surface area contributed by atoms with Gasteiger partial charge < -0.3 is 14.8 Å². The van der Waals surface area contributed by atoms with Crippen LogP contribution in [0.5, 0.6) is 0 Å². The Labute approximate surface area is 139 Å². The Morgan fingerprint density at radius 3 is 3.04 bits per heavy atom. The fraction of sp³-hybridized carbons (Fsp3) is 0.471. The molecule has 2 aromatic rings. The predicted molar refractivity (Wildman–Crippen MR) is 87.3 cm³/mol. The lowest BCUT2D eigenvalue weighted by Crippen LogP contribution is -2.42. The standard InChI is InChI=1S/C17H20FN5O/c18-13-5-1-6-14(10-13)19-17(24)22-8-2-4-12(11-22)16-21-20-15-7-3-9-23(15)16/h1,5-6,10,12H,2-4,7-9,11H2,(H,19,24). The van der Waals surface area contributed by atoms with E-state index in [1.807, 2.05) is 0 Å². The molecule has 2 amide bonds. The Hall–Kier alpha value is -2.44. The van der Waals surface area contributed by atoms with E-state index in [1.165, 1.54) is 12.1 Å². The topological polar surface area (TPSA) is 63.1 Å². The molecule has 6 nitrogen and oxygen atoms in total. The number of piperidine rings is 1. The summed E-state index contributed by atoms with van der Waals surface area (Å²) in [5.41, 5.74) is 0.477. The lowest BCUT2D eigenvalue weighted by atomic mass is 9.97. The lowest BCUT2D eigenvalue weighted by Gasteiger charge is -2.32. The van der Waals surface area contributed by atoms with Crippen LogP contribution >= 0.6 is 0 Å². The highest BCUT2D eigenvalue weighted by molar-refractivity contribution is 5.89. The first-order valence-corrected chi connectivity index (χ1v) is 8.44. The molecule has 1 aromatic carbocycles. The number of carbonyl (C=O) groups is 1. The van der Waals surface area contributed by atoms with E-state index in [0.717, 1.165) is 43.9 Å². The van der Waals surface area contributed by atoms with E-state index in [9.17, 15) is 9.18 Å². The van der Waals surface area contributed by atoms with Crippen molar-refractivity contribution in [1.82, 2.24) is 19.7 Å². The van der Waals surface area contributed by atoms with E-state index in [-0.39, 0.29) is 17.8 Å². The average molecular weight is 329 g/mol. The number of aromatic nitrogens is 3. The molecule has 1 atom stereocenters. The number of hydrogen-bond acceptors (Lipinski definition) is 3. The number of benzene rings is 1. The van der Waals surface area contributed by atoms with Crippen LogP contribution < -0.4 is 5.32 Å². The van der Waals surface area contributed by atoms with Crippen LogP contribution in [0.25, 0.3) is 0 Å². The summed E-state index contributed by atoms with van der Waals surface area (Å²) in [7, 11) is 0. The van der Waals surface area contributed by atoms with Gasteiger partial charge >= 0.3 is 6.03 Å². The largest absolute Gasteiger partial charge is 0.324 e. The van der Waals surface area contributed by atoms with Crippen molar-refractivity contribution in [3.8, 4) is 0 Å². The molecule has 1 aromatic heterocycles. The molecule has 4 rings (SSSR count). The van der Waals surface area contributed by atoms with Crippen LogP contribution in [0, 0.1) is 5.82 Å². The highest BCUT2D eigenvalue weighted by Gasteiger charge is 2.30. The van der Waals surface area contributed by atoms with Crippen LogP contribution in [0.1, 0.15) is 36.8 Å². The smallest absolute Gasteiger partial charge is 0.321 e. The normalized spacial score (nSPS) is 20.0. The van der Waals surface area contributed by atoms with Crippen molar-refractivity contribution >= 4 is 11.7 Å². The Bertz CT molecular complexity index is 759. The van der Waals surface area contributed by atoms with Crippen LogP contribution in [0.2, 0.25) is 0 Å². The summed E-state index contributed by atoms with van der Waals surface area (Å²) < 4.78 is 15.5. The van der Waals surface area contributed by atoms with Crippen LogP contribution in [0.3, 0.4) is 0 Å². The Balaban J connectivity index is 1.45. The summed E-state index contributed by atoms with van der Waals surface area (Å²) >= 11 is 0. The van der Waals surface area contributed by atoms with Gasteiger partial charge in [0.05, 0.1) is 0 Å². The Morgan fingerprint density at radius 2 is 2.17 bits per heavy atom. The summed E-state index contributed by atoms with van der Waals surface area (Å²) in [6, 6.07) is 5.77. The van der Waals surface area contributed by atoms with Crippen molar-refractivity contribution in [3.05, 3.63) is 41.7 Å². The molecule has 7 heteroatoms. The first-order chi connectivity index (χ1) is 11.7. The number of urea groups is 1. The zero-order valence-corrected chi connectivity index (χ0v) is 13.4. The second-order valence-corrected chi connectivity index (χ2v) is 6.46. The SMILES string of the molecule is O=C(Nc1cccc(F)c1)N1CCCC(c2nnc3n2CCC3)C1. The van der Waals surface area contributed by atoms with Crippen LogP contribution in [0.4, 0.5) is 14.9 Å². The maximum atomic E-state index is 13.3.